The molecule has 8 nitrogen and oxygen atoms in total. The summed E-state index contributed by atoms with van der Waals surface area (Å²) in [6.07, 6.45) is 0. The summed E-state index contributed by atoms with van der Waals surface area (Å²) in [6.45, 7) is 15.6. The van der Waals surface area contributed by atoms with Crippen LogP contribution in [0.25, 0.3) is 0 Å². The van der Waals surface area contributed by atoms with E-state index in [1.807, 2.05) is 0 Å². The van der Waals surface area contributed by atoms with Crippen LogP contribution in [0.3, 0.4) is 0 Å². The SMILES string of the molecule is CC(C)(C(=O)O)C(C)(C)C(=O)O.CC(C)(C)C(=O)O.CC(C)(C)C(=O)O. The lowest BCUT2D eigenvalue weighted by atomic mass is 9.68. The van der Waals surface area contributed by atoms with Crippen molar-refractivity contribution in [1.29, 1.82) is 0 Å². The van der Waals surface area contributed by atoms with Crippen molar-refractivity contribution in [3.05, 3.63) is 0 Å². The van der Waals surface area contributed by atoms with E-state index in [9.17, 15) is 19.2 Å². The van der Waals surface area contributed by atoms with Gasteiger partial charge in [0.25, 0.3) is 0 Å². The predicted octanol–water partition coefficient (Wildman–Crippen LogP) is 3.44. The van der Waals surface area contributed by atoms with E-state index in [1.54, 1.807) is 41.5 Å². The molecule has 0 aliphatic rings. The van der Waals surface area contributed by atoms with Gasteiger partial charge in [-0.1, -0.05) is 0 Å². The van der Waals surface area contributed by atoms with E-state index in [2.05, 4.69) is 0 Å². The molecular formula is C18H34O8. The number of carbonyl (C=O) groups is 4. The molecule has 0 radical (unpaired) electrons. The minimum absolute atomic E-state index is 0.583. The van der Waals surface area contributed by atoms with Crippen LogP contribution in [-0.2, 0) is 19.2 Å². The van der Waals surface area contributed by atoms with Crippen LogP contribution >= 0.6 is 0 Å². The lowest BCUT2D eigenvalue weighted by Gasteiger charge is -2.33. The molecule has 0 spiro atoms. The summed E-state index contributed by atoms with van der Waals surface area (Å²) in [6, 6.07) is 0. The number of aliphatic carboxylic acids is 4. The molecule has 0 bridgehead atoms. The van der Waals surface area contributed by atoms with Crippen molar-refractivity contribution in [1.82, 2.24) is 0 Å². The molecule has 0 rings (SSSR count). The summed E-state index contributed by atoms with van der Waals surface area (Å²) in [5.74, 6) is -3.72. The molecular weight excluding hydrogens is 344 g/mol. The van der Waals surface area contributed by atoms with Gasteiger partial charge in [-0.25, -0.2) is 0 Å². The van der Waals surface area contributed by atoms with E-state index < -0.39 is 45.5 Å². The third kappa shape index (κ3) is 10.0. The van der Waals surface area contributed by atoms with Crippen LogP contribution < -0.4 is 0 Å². The zero-order chi connectivity index (χ0) is 22.3. The Hall–Kier alpha value is -2.12. The molecule has 0 aromatic carbocycles. The summed E-state index contributed by atoms with van der Waals surface area (Å²) in [4.78, 5) is 41.5. The summed E-state index contributed by atoms with van der Waals surface area (Å²) >= 11 is 0. The minimum atomic E-state index is -1.27. The van der Waals surface area contributed by atoms with Gasteiger partial charge in [-0.05, 0) is 69.2 Å². The summed E-state index contributed by atoms with van der Waals surface area (Å²) in [5, 5.41) is 34.0. The molecule has 0 atom stereocenters. The summed E-state index contributed by atoms with van der Waals surface area (Å²) < 4.78 is 0. The Morgan fingerprint density at radius 1 is 0.423 bits per heavy atom. The van der Waals surface area contributed by atoms with Crippen molar-refractivity contribution < 1.29 is 39.6 Å². The van der Waals surface area contributed by atoms with Crippen molar-refractivity contribution in [3.8, 4) is 0 Å². The van der Waals surface area contributed by atoms with E-state index in [1.165, 1.54) is 27.7 Å². The largest absolute Gasteiger partial charge is 0.481 e. The van der Waals surface area contributed by atoms with Gasteiger partial charge in [0.05, 0.1) is 21.7 Å². The number of hydrogen-bond acceptors (Lipinski definition) is 4. The smallest absolute Gasteiger partial charge is 0.310 e. The van der Waals surface area contributed by atoms with Crippen LogP contribution in [0, 0.1) is 21.7 Å². The third-order valence-electron chi connectivity index (χ3n) is 3.92. The van der Waals surface area contributed by atoms with Crippen LogP contribution in [-0.4, -0.2) is 44.3 Å². The molecule has 154 valence electrons. The maximum Gasteiger partial charge on any atom is 0.310 e. The Bertz CT molecular complexity index is 468. The van der Waals surface area contributed by atoms with Crippen molar-refractivity contribution in [2.24, 2.45) is 21.7 Å². The second kappa shape index (κ2) is 9.54. The highest BCUT2D eigenvalue weighted by molar-refractivity contribution is 5.85. The van der Waals surface area contributed by atoms with Gasteiger partial charge in [-0.15, -0.1) is 0 Å². The zero-order valence-corrected chi connectivity index (χ0v) is 17.4. The lowest BCUT2D eigenvalue weighted by molar-refractivity contribution is -0.167. The Morgan fingerprint density at radius 3 is 0.577 bits per heavy atom. The molecule has 8 heteroatoms. The fraction of sp³-hybridized carbons (Fsp3) is 0.778. The standard InChI is InChI=1S/C8H14O4.2C5H10O2/c1-7(2,5(9)10)8(3,4)6(11)12;2*1-5(2,3)4(6)7/h1-4H3,(H,9,10)(H,11,12);2*1-3H3,(H,6,7). The fourth-order valence-electron chi connectivity index (χ4n) is 0.535. The Labute approximate surface area is 155 Å². The van der Waals surface area contributed by atoms with Crippen molar-refractivity contribution >= 4 is 23.9 Å². The van der Waals surface area contributed by atoms with Gasteiger partial charge >= 0.3 is 23.9 Å². The first-order valence-electron chi connectivity index (χ1n) is 7.96. The summed E-state index contributed by atoms with van der Waals surface area (Å²) in [5.41, 5.74) is -3.70. The highest BCUT2D eigenvalue weighted by Gasteiger charge is 2.48. The third-order valence-corrected chi connectivity index (χ3v) is 3.92. The van der Waals surface area contributed by atoms with Crippen molar-refractivity contribution in [2.45, 2.75) is 69.2 Å². The van der Waals surface area contributed by atoms with Crippen LogP contribution in [0.2, 0.25) is 0 Å². The topological polar surface area (TPSA) is 149 Å². The molecule has 0 aromatic heterocycles. The molecule has 0 saturated carbocycles. The van der Waals surface area contributed by atoms with Crippen molar-refractivity contribution in [3.63, 3.8) is 0 Å². The molecule has 0 aliphatic heterocycles. The quantitative estimate of drug-likeness (QED) is 0.583. The average molecular weight is 378 g/mol. The van der Waals surface area contributed by atoms with Crippen molar-refractivity contribution in [2.75, 3.05) is 0 Å². The van der Waals surface area contributed by atoms with Crippen LogP contribution in [0.4, 0.5) is 0 Å². The Morgan fingerprint density at radius 2 is 0.538 bits per heavy atom. The number of rotatable bonds is 3. The second-order valence-electron chi connectivity index (χ2n) is 8.97. The molecule has 4 N–H and O–H groups in total. The van der Waals surface area contributed by atoms with Gasteiger partial charge in [0.15, 0.2) is 0 Å². The highest BCUT2D eigenvalue weighted by Crippen LogP contribution is 2.38. The van der Waals surface area contributed by atoms with E-state index in [4.69, 9.17) is 20.4 Å². The molecule has 0 fully saturated rings. The van der Waals surface area contributed by atoms with Crippen LogP contribution in [0.1, 0.15) is 69.2 Å². The molecule has 0 saturated heterocycles. The monoisotopic (exact) mass is 378 g/mol. The Kier molecular flexibility index (Phi) is 10.5. The normalized spacial score (nSPS) is 11.9. The van der Waals surface area contributed by atoms with E-state index >= 15 is 0 Å². The van der Waals surface area contributed by atoms with Gasteiger partial charge in [-0.3, -0.25) is 19.2 Å². The molecule has 0 heterocycles. The first kappa shape index (κ1) is 28.7. The molecule has 26 heavy (non-hydrogen) atoms. The van der Waals surface area contributed by atoms with E-state index in [0.29, 0.717) is 0 Å². The van der Waals surface area contributed by atoms with Gasteiger partial charge in [0.2, 0.25) is 0 Å². The van der Waals surface area contributed by atoms with Gasteiger partial charge in [-0.2, -0.15) is 0 Å². The summed E-state index contributed by atoms with van der Waals surface area (Å²) in [7, 11) is 0. The number of hydrogen-bond donors (Lipinski definition) is 4. The Balaban J connectivity index is -0.000000326. The number of carboxylic acid groups (broad SMARTS) is 4. The number of carboxylic acids is 4. The second-order valence-corrected chi connectivity index (χ2v) is 8.97. The maximum absolute atomic E-state index is 10.7. The highest BCUT2D eigenvalue weighted by atomic mass is 16.4. The van der Waals surface area contributed by atoms with E-state index in [0.717, 1.165) is 0 Å². The first-order chi connectivity index (χ1) is 11.0. The van der Waals surface area contributed by atoms with Gasteiger partial charge in [0, 0.05) is 0 Å². The van der Waals surface area contributed by atoms with Gasteiger partial charge in [0.1, 0.15) is 0 Å². The lowest BCUT2D eigenvalue weighted by Crippen LogP contribution is -2.44. The van der Waals surface area contributed by atoms with Crippen LogP contribution in [0.15, 0.2) is 0 Å². The maximum atomic E-state index is 10.7. The predicted molar refractivity (Wildman–Crippen MR) is 97.0 cm³/mol. The average Bonchev–Trinajstić information content (AvgIpc) is 2.36. The van der Waals surface area contributed by atoms with E-state index in [-0.39, 0.29) is 0 Å². The van der Waals surface area contributed by atoms with Crippen LogP contribution in [0.5, 0.6) is 0 Å². The molecule has 0 amide bonds. The van der Waals surface area contributed by atoms with Gasteiger partial charge < -0.3 is 20.4 Å². The molecule has 0 unspecified atom stereocenters. The minimum Gasteiger partial charge on any atom is -0.481 e. The molecule has 0 aromatic rings. The zero-order valence-electron chi connectivity index (χ0n) is 17.4. The molecule has 0 aliphatic carbocycles. The fourth-order valence-corrected chi connectivity index (χ4v) is 0.535. The first-order valence-corrected chi connectivity index (χ1v) is 7.96.